The van der Waals surface area contributed by atoms with Crippen molar-refractivity contribution in [2.45, 2.75) is 21.5 Å². The van der Waals surface area contributed by atoms with Gasteiger partial charge < -0.3 is 31.3 Å². The number of alkyl halides is 4. The Morgan fingerprint density at radius 3 is 1.21 bits per heavy atom. The lowest BCUT2D eigenvalue weighted by molar-refractivity contribution is 0.0280. The van der Waals surface area contributed by atoms with Crippen molar-refractivity contribution in [1.29, 1.82) is 0 Å². The van der Waals surface area contributed by atoms with Crippen LogP contribution in [0.1, 0.15) is 43.8 Å². The summed E-state index contributed by atoms with van der Waals surface area (Å²) in [5, 5.41) is 76.3. The molecule has 0 bridgehead atoms. The number of hydrogen-bond donors (Lipinski definition) is 4. The largest absolute Gasteiger partial charge is 0.769 e. The normalized spacial score (nSPS) is 14.4. The van der Waals surface area contributed by atoms with Crippen molar-refractivity contribution in [3.63, 3.8) is 0 Å². The van der Waals surface area contributed by atoms with Gasteiger partial charge in [0.2, 0.25) is 0 Å². The molecule has 0 amide bonds. The van der Waals surface area contributed by atoms with Crippen molar-refractivity contribution >= 4 is 69.2 Å². The van der Waals surface area contributed by atoms with Gasteiger partial charge in [-0.2, -0.15) is 0 Å². The first-order valence-corrected chi connectivity index (χ1v) is 12.2. The molecule has 0 radical (unpaired) electrons. The molecule has 0 aliphatic carbocycles. The first-order valence-electron chi connectivity index (χ1n) is 10.4. The quantitative estimate of drug-likeness (QED) is 0.137. The number of halogens is 4. The van der Waals surface area contributed by atoms with Crippen LogP contribution in [0.2, 0.25) is 0 Å². The van der Waals surface area contributed by atoms with Gasteiger partial charge in [0.1, 0.15) is 11.4 Å². The second-order valence-electron chi connectivity index (χ2n) is 7.86. The summed E-state index contributed by atoms with van der Waals surface area (Å²) in [5.41, 5.74) is -0.455. The number of rotatable bonds is 10. The van der Waals surface area contributed by atoms with E-state index in [-0.39, 0.29) is 33.0 Å². The molecule has 4 atom stereocenters. The molecule has 0 saturated heterocycles. The van der Waals surface area contributed by atoms with Gasteiger partial charge in [-0.3, -0.25) is 20.8 Å². The Kier molecular flexibility index (Phi) is 10.1. The maximum Gasteiger partial charge on any atom is 0.101 e. The number of nitrogens with zero attached hydrogens (tertiary/aromatic N) is 4. The van der Waals surface area contributed by atoms with Gasteiger partial charge in [-0.25, -0.2) is 0 Å². The molecular weight excluding hydrogens is 590 g/mol. The van der Waals surface area contributed by atoms with E-state index in [0.717, 1.165) is 24.3 Å². The van der Waals surface area contributed by atoms with Crippen molar-refractivity contribution < 1.29 is 20.8 Å². The van der Waals surface area contributed by atoms with Gasteiger partial charge in [0.25, 0.3) is 0 Å². The summed E-state index contributed by atoms with van der Waals surface area (Å²) in [6, 6.07) is 13.0. The van der Waals surface area contributed by atoms with Gasteiger partial charge >= 0.3 is 0 Å². The van der Waals surface area contributed by atoms with Crippen molar-refractivity contribution in [3.05, 3.63) is 104 Å². The molecule has 3 rings (SSSR count). The minimum atomic E-state index is -1.09. The zero-order valence-electron chi connectivity index (χ0n) is 18.8. The summed E-state index contributed by atoms with van der Waals surface area (Å²) in [7, 11) is 0. The molecule has 12 nitrogen and oxygen atoms in total. The fourth-order valence-corrected chi connectivity index (χ4v) is 4.86. The van der Waals surface area contributed by atoms with E-state index in [9.17, 15) is 41.7 Å². The molecular formula is C22H18Cl4N4O8-4. The zero-order valence-corrected chi connectivity index (χ0v) is 21.8. The smallest absolute Gasteiger partial charge is 0.101 e. The highest BCUT2D eigenvalue weighted by atomic mass is 35.5. The van der Waals surface area contributed by atoms with E-state index < -0.39 is 43.3 Å². The lowest BCUT2D eigenvalue weighted by Crippen LogP contribution is -2.16. The summed E-state index contributed by atoms with van der Waals surface area (Å²) < 4.78 is 0. The molecule has 4 N–H and O–H groups in total. The van der Waals surface area contributed by atoms with Crippen molar-refractivity contribution in [3.8, 4) is 0 Å². The first kappa shape index (κ1) is 30.2. The third-order valence-corrected chi connectivity index (χ3v) is 7.78. The van der Waals surface area contributed by atoms with Crippen LogP contribution in [-0.4, -0.2) is 20.8 Å². The topological polar surface area (TPSA) is 186 Å². The van der Waals surface area contributed by atoms with Crippen LogP contribution in [0.15, 0.2) is 60.7 Å². The van der Waals surface area contributed by atoms with Crippen LogP contribution in [0.5, 0.6) is 0 Å². The number of hydrogen-bond acceptors (Lipinski definition) is 12. The minimum Gasteiger partial charge on any atom is -0.769 e. The lowest BCUT2D eigenvalue weighted by Gasteiger charge is -2.38. The summed E-state index contributed by atoms with van der Waals surface area (Å²) in [6.45, 7) is 0. The summed E-state index contributed by atoms with van der Waals surface area (Å²) in [5.74, 6) is 0. The second kappa shape index (κ2) is 12.7. The predicted octanol–water partition coefficient (Wildman–Crippen LogP) is 6.98. The fourth-order valence-electron chi connectivity index (χ4n) is 3.66. The highest BCUT2D eigenvalue weighted by molar-refractivity contribution is 6.31. The number of anilines is 4. The van der Waals surface area contributed by atoms with Gasteiger partial charge in [-0.1, -0.05) is 36.4 Å². The molecule has 16 heteroatoms. The van der Waals surface area contributed by atoms with Crippen LogP contribution in [-0.2, 0) is 0 Å². The third kappa shape index (κ3) is 6.63. The Morgan fingerprint density at radius 1 is 0.526 bits per heavy atom. The summed E-state index contributed by atoms with van der Waals surface area (Å²) in [6.07, 6.45) is 0. The average molecular weight is 608 g/mol. The maximum absolute atomic E-state index is 11.1. The van der Waals surface area contributed by atoms with Crippen molar-refractivity contribution in [1.82, 2.24) is 0 Å². The van der Waals surface area contributed by atoms with E-state index in [2.05, 4.69) is 0 Å². The molecule has 206 valence electrons. The van der Waals surface area contributed by atoms with Gasteiger partial charge in [-0.15, -0.1) is 56.9 Å². The Morgan fingerprint density at radius 2 is 0.895 bits per heavy atom. The van der Waals surface area contributed by atoms with E-state index >= 15 is 0 Å². The molecule has 38 heavy (non-hydrogen) atoms. The van der Waals surface area contributed by atoms with E-state index in [4.69, 9.17) is 46.4 Å². The zero-order chi connectivity index (χ0) is 28.3. The molecule has 0 aliphatic heterocycles. The van der Waals surface area contributed by atoms with Gasteiger partial charge in [-0.05, 0) is 35.4 Å². The first-order chi connectivity index (χ1) is 17.8. The Hall–Kier alpha value is -2.30. The molecule has 0 heterocycles. The van der Waals surface area contributed by atoms with E-state index in [0.29, 0.717) is 11.1 Å². The summed E-state index contributed by atoms with van der Waals surface area (Å²) >= 11 is 26.3. The van der Waals surface area contributed by atoms with E-state index in [1.165, 1.54) is 12.1 Å². The van der Waals surface area contributed by atoms with Crippen LogP contribution >= 0.6 is 46.4 Å². The SMILES string of the molecule is [O-]N([O-])c1ccc([C@@H](Cl)[C@H](Cl)c2cccc([C@H](Cl)[C@H](Cl)c3ccc(N([O-])[O-])cc3N(O)O)c2)c(N(O)O)c1. The molecule has 0 unspecified atom stereocenters. The minimum absolute atomic E-state index is 0.0896. The van der Waals surface area contributed by atoms with Gasteiger partial charge in [0, 0.05) is 22.5 Å². The molecule has 0 fully saturated rings. The number of benzene rings is 3. The molecule has 3 aromatic rings. The summed E-state index contributed by atoms with van der Waals surface area (Å²) in [4.78, 5) is 0. The molecule has 3 aromatic carbocycles. The van der Waals surface area contributed by atoms with Crippen LogP contribution in [0.3, 0.4) is 0 Å². The van der Waals surface area contributed by atoms with Crippen LogP contribution < -0.4 is 20.9 Å². The van der Waals surface area contributed by atoms with E-state index in [1.54, 1.807) is 24.3 Å². The molecule has 0 saturated carbocycles. The van der Waals surface area contributed by atoms with Crippen molar-refractivity contribution in [2.75, 3.05) is 20.9 Å². The average Bonchev–Trinajstić information content (AvgIpc) is 2.90. The van der Waals surface area contributed by atoms with E-state index in [1.807, 2.05) is 0 Å². The monoisotopic (exact) mass is 606 g/mol. The van der Waals surface area contributed by atoms with Gasteiger partial charge in [0.15, 0.2) is 0 Å². The maximum atomic E-state index is 11.1. The fraction of sp³-hybridized carbons (Fsp3) is 0.182. The Labute approximate surface area is 235 Å². The van der Waals surface area contributed by atoms with Gasteiger partial charge in [0.05, 0.1) is 21.5 Å². The van der Waals surface area contributed by atoms with Crippen LogP contribution in [0.25, 0.3) is 0 Å². The molecule has 0 aromatic heterocycles. The Balaban J connectivity index is 1.91. The predicted molar refractivity (Wildman–Crippen MR) is 144 cm³/mol. The molecule has 0 aliphatic rings. The van der Waals surface area contributed by atoms with Crippen LogP contribution in [0.4, 0.5) is 22.7 Å². The van der Waals surface area contributed by atoms with Crippen molar-refractivity contribution in [2.24, 2.45) is 0 Å². The Bertz CT molecular complexity index is 1160. The van der Waals surface area contributed by atoms with Crippen LogP contribution in [0, 0.1) is 20.8 Å². The highest BCUT2D eigenvalue weighted by Gasteiger charge is 2.28. The standard InChI is InChI=1S/C22H18Cl4N4O8/c23-19(21(25)15-6-4-13(27(31)32)9-17(15)29(35)36)11-2-1-3-12(8-11)20(24)22(26)16-7-5-14(28(33)34)10-18(16)30(37)38/h1-10,19-22,35-38H/q-4/t19-,20+,21-,22-/m1/s1. The second-order valence-corrected chi connectivity index (χ2v) is 9.74. The lowest BCUT2D eigenvalue weighted by atomic mass is 9.96. The highest BCUT2D eigenvalue weighted by Crippen LogP contribution is 2.47. The molecule has 0 spiro atoms. The third-order valence-electron chi connectivity index (χ3n) is 5.54.